The van der Waals surface area contributed by atoms with E-state index in [-0.39, 0.29) is 18.3 Å². The van der Waals surface area contributed by atoms with E-state index in [0.29, 0.717) is 22.3 Å². The van der Waals surface area contributed by atoms with E-state index in [1.165, 1.54) is 23.5 Å². The van der Waals surface area contributed by atoms with Gasteiger partial charge in [0.2, 0.25) is 0 Å². The van der Waals surface area contributed by atoms with Gasteiger partial charge in [0.1, 0.15) is 5.82 Å². The van der Waals surface area contributed by atoms with Crippen molar-refractivity contribution in [3.05, 3.63) is 59.2 Å². The monoisotopic (exact) mass is 372 g/mol. The summed E-state index contributed by atoms with van der Waals surface area (Å²) in [6.07, 6.45) is 0. The van der Waals surface area contributed by atoms with E-state index in [1.54, 1.807) is 30.7 Å². The number of carbonyl (C=O) groups excluding carboxylic acids is 1. The zero-order chi connectivity index (χ0) is 18.5. The Kier molecular flexibility index (Phi) is 5.48. The lowest BCUT2D eigenvalue weighted by atomic mass is 10.2. The Morgan fingerprint density at radius 1 is 1.19 bits per heavy atom. The van der Waals surface area contributed by atoms with Crippen molar-refractivity contribution in [2.24, 2.45) is 0 Å². The number of methoxy groups -OCH3 is 1. The van der Waals surface area contributed by atoms with Gasteiger partial charge in [0.25, 0.3) is 5.91 Å². The molecule has 0 saturated heterocycles. The highest BCUT2D eigenvalue weighted by atomic mass is 32.1. The molecule has 3 aromatic rings. The first-order chi connectivity index (χ1) is 12.5. The van der Waals surface area contributed by atoms with Gasteiger partial charge in [0.05, 0.1) is 12.8 Å². The number of carbonyl (C=O) groups is 1. The number of amides is 1. The van der Waals surface area contributed by atoms with Gasteiger partial charge in [-0.05, 0) is 48.9 Å². The minimum atomic E-state index is -0.326. The predicted molar refractivity (Wildman–Crippen MR) is 99.4 cm³/mol. The number of aromatic nitrogens is 1. The van der Waals surface area contributed by atoms with E-state index >= 15 is 0 Å². The predicted octanol–water partition coefficient (Wildman–Crippen LogP) is 4.28. The van der Waals surface area contributed by atoms with Crippen molar-refractivity contribution >= 4 is 22.4 Å². The number of hydrogen-bond donors (Lipinski definition) is 1. The highest BCUT2D eigenvalue weighted by Gasteiger charge is 2.11. The number of benzene rings is 2. The summed E-state index contributed by atoms with van der Waals surface area (Å²) >= 11 is 1.29. The van der Waals surface area contributed by atoms with Crippen LogP contribution < -0.4 is 14.8 Å². The largest absolute Gasteiger partial charge is 0.493 e. The molecule has 0 aliphatic heterocycles. The van der Waals surface area contributed by atoms with Crippen LogP contribution in [0.1, 0.15) is 5.56 Å². The molecule has 0 radical (unpaired) electrons. The average molecular weight is 372 g/mol. The SMILES string of the molecule is COc1cc(C)ccc1OCC(=O)Nc1nc(-c2ccc(F)cc2)cs1. The van der Waals surface area contributed by atoms with Gasteiger partial charge in [-0.15, -0.1) is 11.3 Å². The Balaban J connectivity index is 1.60. The summed E-state index contributed by atoms with van der Waals surface area (Å²) in [6.45, 7) is 1.78. The Bertz CT molecular complexity index is 909. The summed E-state index contributed by atoms with van der Waals surface area (Å²) in [4.78, 5) is 16.4. The molecule has 0 aliphatic carbocycles. The van der Waals surface area contributed by atoms with E-state index in [0.717, 1.165) is 11.1 Å². The standard InChI is InChI=1S/C19H17FN2O3S/c1-12-3-8-16(17(9-12)24-2)25-10-18(23)22-19-21-15(11-26-19)13-4-6-14(20)7-5-13/h3-9,11H,10H2,1-2H3,(H,21,22,23). The molecule has 26 heavy (non-hydrogen) atoms. The van der Waals surface area contributed by atoms with Crippen LogP contribution in [0.4, 0.5) is 9.52 Å². The zero-order valence-electron chi connectivity index (χ0n) is 14.3. The van der Waals surface area contributed by atoms with Crippen LogP contribution in [0.3, 0.4) is 0 Å². The number of anilines is 1. The van der Waals surface area contributed by atoms with Crippen LogP contribution in [0.5, 0.6) is 11.5 Å². The minimum absolute atomic E-state index is 0.162. The third-order valence-corrected chi connectivity index (χ3v) is 4.33. The van der Waals surface area contributed by atoms with Gasteiger partial charge < -0.3 is 9.47 Å². The average Bonchev–Trinajstić information content (AvgIpc) is 3.09. The number of aryl methyl sites for hydroxylation is 1. The van der Waals surface area contributed by atoms with Crippen molar-refractivity contribution in [1.29, 1.82) is 0 Å². The van der Waals surface area contributed by atoms with E-state index in [9.17, 15) is 9.18 Å². The molecule has 1 heterocycles. The Morgan fingerprint density at radius 3 is 2.69 bits per heavy atom. The highest BCUT2D eigenvalue weighted by Crippen LogP contribution is 2.28. The fraction of sp³-hybridized carbons (Fsp3) is 0.158. The number of ether oxygens (including phenoxy) is 2. The molecule has 0 unspecified atom stereocenters. The molecule has 0 atom stereocenters. The summed E-state index contributed by atoms with van der Waals surface area (Å²) in [5, 5.41) is 4.94. The van der Waals surface area contributed by atoms with Gasteiger partial charge in [-0.2, -0.15) is 0 Å². The van der Waals surface area contributed by atoms with E-state index in [4.69, 9.17) is 9.47 Å². The van der Waals surface area contributed by atoms with Crippen molar-refractivity contribution in [1.82, 2.24) is 4.98 Å². The molecule has 0 spiro atoms. The molecular formula is C19H17FN2O3S. The second-order valence-electron chi connectivity index (χ2n) is 5.54. The van der Waals surface area contributed by atoms with Crippen molar-refractivity contribution < 1.29 is 18.7 Å². The van der Waals surface area contributed by atoms with Crippen molar-refractivity contribution in [2.45, 2.75) is 6.92 Å². The summed E-state index contributed by atoms with van der Waals surface area (Å²) < 4.78 is 23.7. The molecule has 2 aromatic carbocycles. The van der Waals surface area contributed by atoms with Crippen molar-refractivity contribution in [2.75, 3.05) is 19.0 Å². The molecule has 0 saturated carbocycles. The van der Waals surface area contributed by atoms with Crippen molar-refractivity contribution in [3.8, 4) is 22.8 Å². The van der Waals surface area contributed by atoms with E-state index in [2.05, 4.69) is 10.3 Å². The number of nitrogens with one attached hydrogen (secondary N) is 1. The van der Waals surface area contributed by atoms with Crippen LogP contribution in [0, 0.1) is 12.7 Å². The molecule has 3 rings (SSSR count). The van der Waals surface area contributed by atoms with Crippen LogP contribution in [-0.4, -0.2) is 24.6 Å². The normalized spacial score (nSPS) is 10.4. The van der Waals surface area contributed by atoms with Gasteiger partial charge in [-0.1, -0.05) is 6.07 Å². The lowest BCUT2D eigenvalue weighted by molar-refractivity contribution is -0.118. The fourth-order valence-electron chi connectivity index (χ4n) is 2.28. The molecule has 0 bridgehead atoms. The smallest absolute Gasteiger partial charge is 0.264 e. The van der Waals surface area contributed by atoms with Crippen LogP contribution in [0.25, 0.3) is 11.3 Å². The highest BCUT2D eigenvalue weighted by molar-refractivity contribution is 7.14. The topological polar surface area (TPSA) is 60.5 Å². The number of halogens is 1. The van der Waals surface area contributed by atoms with Crippen LogP contribution >= 0.6 is 11.3 Å². The quantitative estimate of drug-likeness (QED) is 0.701. The van der Waals surface area contributed by atoms with Crippen molar-refractivity contribution in [3.63, 3.8) is 0 Å². The molecule has 0 fully saturated rings. The minimum Gasteiger partial charge on any atom is -0.493 e. The lowest BCUT2D eigenvalue weighted by Gasteiger charge is -2.10. The van der Waals surface area contributed by atoms with Gasteiger partial charge in [0, 0.05) is 10.9 Å². The maximum absolute atomic E-state index is 13.0. The third kappa shape index (κ3) is 4.37. The van der Waals surface area contributed by atoms with Crippen LogP contribution in [0.15, 0.2) is 47.8 Å². The number of rotatable bonds is 6. The second kappa shape index (κ2) is 7.97. The van der Waals surface area contributed by atoms with Crippen LogP contribution in [0.2, 0.25) is 0 Å². The van der Waals surface area contributed by atoms with E-state index < -0.39 is 0 Å². The van der Waals surface area contributed by atoms with Crippen LogP contribution in [-0.2, 0) is 4.79 Å². The summed E-state index contributed by atoms with van der Waals surface area (Å²) in [7, 11) is 1.55. The van der Waals surface area contributed by atoms with E-state index in [1.807, 2.05) is 19.1 Å². The molecule has 1 aromatic heterocycles. The second-order valence-corrected chi connectivity index (χ2v) is 6.39. The number of thiazole rings is 1. The third-order valence-electron chi connectivity index (χ3n) is 3.57. The summed E-state index contributed by atoms with van der Waals surface area (Å²) in [5.41, 5.74) is 2.49. The molecule has 1 amide bonds. The van der Waals surface area contributed by atoms with Gasteiger partial charge >= 0.3 is 0 Å². The fourth-order valence-corrected chi connectivity index (χ4v) is 3.01. The number of hydrogen-bond acceptors (Lipinski definition) is 5. The lowest BCUT2D eigenvalue weighted by Crippen LogP contribution is -2.20. The zero-order valence-corrected chi connectivity index (χ0v) is 15.1. The number of nitrogens with zero attached hydrogens (tertiary/aromatic N) is 1. The van der Waals surface area contributed by atoms with Gasteiger partial charge in [0.15, 0.2) is 23.2 Å². The molecule has 0 aliphatic rings. The van der Waals surface area contributed by atoms with Gasteiger partial charge in [-0.25, -0.2) is 9.37 Å². The summed E-state index contributed by atoms with van der Waals surface area (Å²) in [6, 6.07) is 11.5. The summed E-state index contributed by atoms with van der Waals surface area (Å²) in [5.74, 6) is 0.443. The Morgan fingerprint density at radius 2 is 1.96 bits per heavy atom. The molecule has 5 nitrogen and oxygen atoms in total. The first-order valence-electron chi connectivity index (χ1n) is 7.84. The Hall–Kier alpha value is -2.93. The Labute approximate surface area is 154 Å². The maximum atomic E-state index is 13.0. The molecule has 134 valence electrons. The molecular weight excluding hydrogens is 355 g/mol. The maximum Gasteiger partial charge on any atom is 0.264 e. The first-order valence-corrected chi connectivity index (χ1v) is 8.72. The molecule has 7 heteroatoms. The molecule has 1 N–H and O–H groups in total. The van der Waals surface area contributed by atoms with Gasteiger partial charge in [-0.3, -0.25) is 10.1 Å². The first kappa shape index (κ1) is 17.9.